The minimum absolute atomic E-state index is 0.0138. The van der Waals surface area contributed by atoms with Gasteiger partial charge < -0.3 is 19.8 Å². The Bertz CT molecular complexity index is 316. The van der Waals surface area contributed by atoms with Crippen LogP contribution in [-0.4, -0.2) is 22.5 Å². The second kappa shape index (κ2) is 3.87. The molecule has 0 saturated carbocycles. The van der Waals surface area contributed by atoms with E-state index in [9.17, 15) is 5.11 Å². The molecule has 0 aromatic heterocycles. The third-order valence-electron chi connectivity index (χ3n) is 1.55. The Morgan fingerprint density at radius 2 is 2.00 bits per heavy atom. The van der Waals surface area contributed by atoms with Gasteiger partial charge in [0.25, 0.3) is 0 Å². The molecule has 0 fully saturated rings. The van der Waals surface area contributed by atoms with Gasteiger partial charge in [-0.2, -0.15) is 0 Å². The third kappa shape index (κ3) is 2.27. The van der Waals surface area contributed by atoms with Gasteiger partial charge in [-0.3, -0.25) is 0 Å². The molecule has 0 aliphatic rings. The number of aromatic hydroxyl groups is 1. The van der Waals surface area contributed by atoms with Crippen LogP contribution in [0.1, 0.15) is 5.56 Å². The van der Waals surface area contributed by atoms with E-state index in [0.29, 0.717) is 5.56 Å². The van der Waals surface area contributed by atoms with Crippen molar-refractivity contribution in [2.75, 3.05) is 0 Å². The second-order valence-corrected chi connectivity index (χ2v) is 2.87. The van der Waals surface area contributed by atoms with Gasteiger partial charge >= 0.3 is 7.32 Å². The van der Waals surface area contributed by atoms with Gasteiger partial charge in [0.15, 0.2) is 0 Å². The summed E-state index contributed by atoms with van der Waals surface area (Å²) in [5.74, 6) is 0.0525. The highest BCUT2D eigenvalue weighted by atomic mass is 35.5. The summed E-state index contributed by atoms with van der Waals surface area (Å²) in [4.78, 5) is 0. The molecule has 3 N–H and O–H groups in total. The van der Waals surface area contributed by atoms with Gasteiger partial charge in [0, 0.05) is 5.56 Å². The molecule has 1 aromatic rings. The Hall–Kier alpha value is -0.905. The van der Waals surface area contributed by atoms with Crippen LogP contribution in [0, 0.1) is 6.92 Å². The smallest absolute Gasteiger partial charge is 0.510 e. The van der Waals surface area contributed by atoms with Crippen LogP contribution in [0.25, 0.3) is 0 Å². The van der Waals surface area contributed by atoms with Gasteiger partial charge in [-0.05, 0) is 19.1 Å². The first-order valence-electron chi connectivity index (χ1n) is 3.53. The van der Waals surface area contributed by atoms with Gasteiger partial charge in [0.2, 0.25) is 0 Å². The lowest BCUT2D eigenvalue weighted by molar-refractivity contribution is 0.286. The molecule has 13 heavy (non-hydrogen) atoms. The van der Waals surface area contributed by atoms with Crippen molar-refractivity contribution in [1.82, 2.24) is 0 Å². The van der Waals surface area contributed by atoms with Crippen LogP contribution in [0.2, 0.25) is 5.02 Å². The molecule has 0 unspecified atom stereocenters. The van der Waals surface area contributed by atoms with E-state index < -0.39 is 7.32 Å². The first kappa shape index (κ1) is 10.2. The van der Waals surface area contributed by atoms with E-state index in [4.69, 9.17) is 21.6 Å². The molecule has 0 atom stereocenters. The molecule has 4 nitrogen and oxygen atoms in total. The molecule has 0 bridgehead atoms. The molecule has 0 aliphatic carbocycles. The summed E-state index contributed by atoms with van der Waals surface area (Å²) in [5.41, 5.74) is 0.362. The molecule has 1 rings (SSSR count). The standard InChI is InChI=1S/C7H8BClO4/c1-4-6(10)3-2-5(9)7(4)13-8(11)12/h2-3,10-12H,1H3. The van der Waals surface area contributed by atoms with Crippen LogP contribution in [0.15, 0.2) is 12.1 Å². The van der Waals surface area contributed by atoms with Crippen molar-refractivity contribution in [2.45, 2.75) is 6.92 Å². The van der Waals surface area contributed by atoms with E-state index in [0.717, 1.165) is 0 Å². The molecule has 0 radical (unpaired) electrons. The monoisotopic (exact) mass is 202 g/mol. The van der Waals surface area contributed by atoms with E-state index in [1.54, 1.807) is 6.92 Å². The van der Waals surface area contributed by atoms with Crippen LogP contribution >= 0.6 is 11.6 Å². The normalized spacial score (nSPS) is 9.85. The van der Waals surface area contributed by atoms with Gasteiger partial charge in [0.05, 0.1) is 5.02 Å². The largest absolute Gasteiger partial charge is 0.707 e. The first-order valence-corrected chi connectivity index (χ1v) is 3.91. The van der Waals surface area contributed by atoms with E-state index in [-0.39, 0.29) is 16.5 Å². The Morgan fingerprint density at radius 3 is 2.54 bits per heavy atom. The van der Waals surface area contributed by atoms with Crippen LogP contribution in [0.3, 0.4) is 0 Å². The van der Waals surface area contributed by atoms with Crippen molar-refractivity contribution in [3.8, 4) is 11.5 Å². The average Bonchev–Trinajstić information content (AvgIpc) is 2.05. The molecule has 0 amide bonds. The van der Waals surface area contributed by atoms with Crippen LogP contribution in [-0.2, 0) is 0 Å². The molecular formula is C7H8BClO4. The summed E-state index contributed by atoms with van der Waals surface area (Å²) >= 11 is 5.69. The molecule has 0 aliphatic heterocycles. The topological polar surface area (TPSA) is 69.9 Å². The van der Waals surface area contributed by atoms with Crippen molar-refractivity contribution in [3.63, 3.8) is 0 Å². The number of benzene rings is 1. The van der Waals surface area contributed by atoms with Crippen molar-refractivity contribution in [3.05, 3.63) is 22.7 Å². The quantitative estimate of drug-likeness (QED) is 0.618. The highest BCUT2D eigenvalue weighted by Crippen LogP contribution is 2.33. The fourth-order valence-corrected chi connectivity index (χ4v) is 1.15. The molecule has 6 heteroatoms. The first-order chi connectivity index (χ1) is 6.02. The summed E-state index contributed by atoms with van der Waals surface area (Å²) in [5, 5.41) is 26.5. The lowest BCUT2D eigenvalue weighted by Crippen LogP contribution is -2.21. The predicted molar refractivity (Wildman–Crippen MR) is 48.7 cm³/mol. The minimum Gasteiger partial charge on any atom is -0.510 e. The summed E-state index contributed by atoms with van der Waals surface area (Å²) in [6, 6.07) is 2.80. The fraction of sp³-hybridized carbons (Fsp3) is 0.143. The Kier molecular flexibility index (Phi) is 3.03. The summed E-state index contributed by atoms with van der Waals surface area (Å²) in [7, 11) is -1.95. The zero-order valence-electron chi connectivity index (χ0n) is 6.86. The maximum absolute atomic E-state index is 9.24. The van der Waals surface area contributed by atoms with E-state index >= 15 is 0 Å². The summed E-state index contributed by atoms with van der Waals surface area (Å²) in [6.45, 7) is 1.55. The van der Waals surface area contributed by atoms with E-state index in [1.165, 1.54) is 12.1 Å². The molecule has 1 aromatic carbocycles. The van der Waals surface area contributed by atoms with Gasteiger partial charge in [-0.25, -0.2) is 0 Å². The number of hydrogen-bond acceptors (Lipinski definition) is 4. The van der Waals surface area contributed by atoms with Crippen molar-refractivity contribution in [1.29, 1.82) is 0 Å². The fourth-order valence-electron chi connectivity index (χ4n) is 0.898. The summed E-state index contributed by atoms with van der Waals surface area (Å²) < 4.78 is 4.58. The molecule has 0 heterocycles. The number of hydrogen-bond donors (Lipinski definition) is 3. The van der Waals surface area contributed by atoms with Crippen molar-refractivity contribution < 1.29 is 19.8 Å². The van der Waals surface area contributed by atoms with Gasteiger partial charge in [0.1, 0.15) is 11.5 Å². The predicted octanol–water partition coefficient (Wildman–Crippen LogP) is 0.702. The molecule has 0 saturated heterocycles. The lowest BCUT2D eigenvalue weighted by atomic mass is 10.1. The molecule has 70 valence electrons. The lowest BCUT2D eigenvalue weighted by Gasteiger charge is -2.10. The number of phenolic OH excluding ortho intramolecular Hbond substituents is 1. The van der Waals surface area contributed by atoms with Crippen LogP contribution in [0.5, 0.6) is 11.5 Å². The Balaban J connectivity index is 3.10. The SMILES string of the molecule is Cc1c(O)ccc(Cl)c1OB(O)O. The zero-order chi connectivity index (χ0) is 10.0. The number of phenols is 1. The third-order valence-corrected chi connectivity index (χ3v) is 1.85. The van der Waals surface area contributed by atoms with Crippen LogP contribution < -0.4 is 4.65 Å². The highest BCUT2D eigenvalue weighted by Gasteiger charge is 2.17. The number of rotatable bonds is 2. The van der Waals surface area contributed by atoms with Gasteiger partial charge in [-0.15, -0.1) is 0 Å². The summed E-state index contributed by atoms with van der Waals surface area (Å²) in [6.07, 6.45) is 0. The molecular weight excluding hydrogens is 194 g/mol. The Labute approximate surface area is 80.5 Å². The van der Waals surface area contributed by atoms with E-state index in [2.05, 4.69) is 4.65 Å². The highest BCUT2D eigenvalue weighted by molar-refractivity contribution is 6.36. The van der Waals surface area contributed by atoms with E-state index in [1.807, 2.05) is 0 Å². The van der Waals surface area contributed by atoms with Crippen molar-refractivity contribution >= 4 is 18.9 Å². The van der Waals surface area contributed by atoms with Crippen molar-refractivity contribution in [2.24, 2.45) is 0 Å². The zero-order valence-corrected chi connectivity index (χ0v) is 7.62. The number of halogens is 1. The minimum atomic E-state index is -1.95. The average molecular weight is 202 g/mol. The molecule has 0 spiro atoms. The van der Waals surface area contributed by atoms with Gasteiger partial charge in [-0.1, -0.05) is 11.6 Å². The van der Waals surface area contributed by atoms with Crippen LogP contribution in [0.4, 0.5) is 0 Å². The maximum Gasteiger partial charge on any atom is 0.707 e. The maximum atomic E-state index is 9.24. The second-order valence-electron chi connectivity index (χ2n) is 2.46. The Morgan fingerprint density at radius 1 is 1.38 bits per heavy atom.